The van der Waals surface area contributed by atoms with Crippen LogP contribution in [0, 0.1) is 60.7 Å². The van der Waals surface area contributed by atoms with Gasteiger partial charge in [-0.3, -0.25) is 60.7 Å². The maximum absolute atomic E-state index is 13.4. The summed E-state index contributed by atoms with van der Waals surface area (Å²) in [6.07, 6.45) is 5.84. The van der Waals surface area contributed by atoms with E-state index in [1.807, 2.05) is 45.0 Å². The molecular weight excluding hydrogens is 1050 g/mol. The number of aromatic amines is 2. The fourth-order valence-electron chi connectivity index (χ4n) is 10.2. The van der Waals surface area contributed by atoms with Gasteiger partial charge in [0, 0.05) is 80.7 Å². The summed E-state index contributed by atoms with van der Waals surface area (Å²) in [6.45, 7) is 21.7. The van der Waals surface area contributed by atoms with Crippen LogP contribution >= 0.6 is 0 Å². The van der Waals surface area contributed by atoms with Crippen LogP contribution < -0.4 is 0 Å². The van der Waals surface area contributed by atoms with Crippen molar-refractivity contribution in [1.29, 1.82) is 0 Å². The molecule has 0 radical (unpaired) electrons. The molecule has 5 heterocycles. The van der Waals surface area contributed by atoms with Crippen LogP contribution in [0.5, 0.6) is 0 Å². The molecule has 0 saturated heterocycles. The zero-order valence-electron chi connectivity index (χ0n) is 46.9. The zero-order chi connectivity index (χ0) is 60.0. The zero-order valence-corrected chi connectivity index (χ0v) is 46.9. The van der Waals surface area contributed by atoms with Gasteiger partial charge in [0.1, 0.15) is 16.7 Å². The Morgan fingerprint density at radius 3 is 0.744 bits per heavy atom. The normalized spacial score (nSPS) is 12.6. The Labute approximate surface area is 468 Å². The van der Waals surface area contributed by atoms with E-state index in [1.165, 1.54) is 66.8 Å². The van der Waals surface area contributed by atoms with Crippen molar-refractivity contribution < 1.29 is 29.5 Å². The smallest absolute Gasteiger partial charge is 0.284 e. The number of aromatic nitrogens is 4. The van der Waals surface area contributed by atoms with Crippen molar-refractivity contribution in [2.75, 3.05) is 0 Å². The van der Waals surface area contributed by atoms with E-state index in [2.05, 4.69) is 9.97 Å². The van der Waals surface area contributed by atoms with Gasteiger partial charge >= 0.3 is 0 Å². The van der Waals surface area contributed by atoms with Gasteiger partial charge in [0.25, 0.3) is 34.1 Å². The molecule has 2 aliphatic rings. The molecule has 82 heavy (non-hydrogen) atoms. The highest BCUT2D eigenvalue weighted by Crippen LogP contribution is 2.50. The number of nitrogens with one attached hydrogen (secondary N) is 2. The number of hydrogen-bond acceptors (Lipinski definition) is 14. The summed E-state index contributed by atoms with van der Waals surface area (Å²) in [4.78, 5) is 92.6. The number of nitro benzene ring substituents is 6. The molecule has 22 nitrogen and oxygen atoms in total. The van der Waals surface area contributed by atoms with Gasteiger partial charge in [0.05, 0.1) is 52.3 Å². The first-order valence-corrected chi connectivity index (χ1v) is 25.9. The Hall–Kier alpha value is -10.1. The number of H-pyrrole nitrogens is 2. The van der Waals surface area contributed by atoms with E-state index in [0.29, 0.717) is 16.6 Å². The lowest BCUT2D eigenvalue weighted by Gasteiger charge is -2.19. The summed E-state index contributed by atoms with van der Waals surface area (Å²) in [5.74, 6) is 0. The first-order valence-electron chi connectivity index (χ1n) is 25.9. The van der Waals surface area contributed by atoms with Gasteiger partial charge < -0.3 is 9.97 Å². The van der Waals surface area contributed by atoms with Crippen LogP contribution in [0.25, 0.3) is 90.9 Å². The third-order valence-electron chi connectivity index (χ3n) is 14.6. The van der Waals surface area contributed by atoms with Crippen molar-refractivity contribution in [3.8, 4) is 44.5 Å². The second kappa shape index (κ2) is 19.9. The standard InChI is InChI=1S/C60H56N10O12/c1-57(2,3)32-15-13-31(14-16-32)50-36-17-19-38(61-36)51(54-44(65(71)72)25-33(58(4,5)6)26-45(54)66(73)74)40-21-23-42(63-40)53(56-48(69(79)80)29-35(60(10,11)12)30-49(56)70(81)82)43-24-22-41(64-43)52(39-20-18-37(50)62-39)55-46(67(75)76)27-34(59(7,8)9)28-47(55)68(77)78/h13-30,61,64H,1-12H3. The Morgan fingerprint density at radius 1 is 0.305 bits per heavy atom. The van der Waals surface area contributed by atoms with Crippen molar-refractivity contribution in [1.82, 2.24) is 19.9 Å². The van der Waals surface area contributed by atoms with E-state index in [1.54, 1.807) is 80.5 Å². The lowest BCUT2D eigenvalue weighted by atomic mass is 9.84. The van der Waals surface area contributed by atoms with Gasteiger partial charge in [-0.15, -0.1) is 0 Å². The van der Waals surface area contributed by atoms with Gasteiger partial charge in [-0.1, -0.05) is 107 Å². The summed E-state index contributed by atoms with van der Waals surface area (Å²) in [6, 6.07) is 20.9. The molecule has 7 aromatic rings. The molecule has 0 saturated carbocycles. The molecule has 0 fully saturated rings. The summed E-state index contributed by atoms with van der Waals surface area (Å²) < 4.78 is 0. The summed E-state index contributed by atoms with van der Waals surface area (Å²) in [5, 5.41) is 80.5. The second-order valence-corrected chi connectivity index (χ2v) is 24.3. The number of benzene rings is 4. The lowest BCUT2D eigenvalue weighted by Crippen LogP contribution is -2.13. The predicted octanol–water partition coefficient (Wildman–Crippen LogP) is 16.0. The molecule has 2 N–H and O–H groups in total. The fraction of sp³-hybridized carbons (Fsp3) is 0.267. The van der Waals surface area contributed by atoms with Crippen molar-refractivity contribution in [3.05, 3.63) is 191 Å². The Kier molecular flexibility index (Phi) is 13.7. The molecule has 2 aliphatic heterocycles. The van der Waals surface area contributed by atoms with E-state index in [9.17, 15) is 60.7 Å². The number of fused-ring (bicyclic) bond motifs is 8. The molecule has 9 rings (SSSR count). The minimum absolute atomic E-state index is 0.0278. The lowest BCUT2D eigenvalue weighted by molar-refractivity contribution is -0.393. The molecule has 0 spiro atoms. The Morgan fingerprint density at radius 2 is 0.524 bits per heavy atom. The first-order chi connectivity index (χ1) is 38.1. The second-order valence-electron chi connectivity index (χ2n) is 24.3. The van der Waals surface area contributed by atoms with Crippen LogP contribution in [0.15, 0.2) is 84.9 Å². The monoisotopic (exact) mass is 1110 g/mol. The average molecular weight is 1110 g/mol. The van der Waals surface area contributed by atoms with E-state index >= 15 is 0 Å². The molecule has 4 aromatic carbocycles. The molecule has 3 aromatic heterocycles. The predicted molar refractivity (Wildman–Crippen MR) is 315 cm³/mol. The van der Waals surface area contributed by atoms with Crippen LogP contribution in [0.3, 0.4) is 0 Å². The quantitative estimate of drug-likeness (QED) is 0.0950. The Bertz CT molecular complexity index is 4020. The summed E-state index contributed by atoms with van der Waals surface area (Å²) in [7, 11) is 0. The van der Waals surface area contributed by atoms with Gasteiger partial charge in [0.2, 0.25) is 0 Å². The van der Waals surface area contributed by atoms with Crippen molar-refractivity contribution >= 4 is 80.5 Å². The van der Waals surface area contributed by atoms with Crippen LogP contribution in [-0.2, 0) is 21.7 Å². The molecule has 418 valence electrons. The summed E-state index contributed by atoms with van der Waals surface area (Å²) in [5.41, 5.74) is -6.24. The first kappa shape index (κ1) is 56.6. The highest BCUT2D eigenvalue weighted by atomic mass is 16.6. The highest BCUT2D eigenvalue weighted by molar-refractivity contribution is 6.05. The molecule has 0 aliphatic carbocycles. The third-order valence-corrected chi connectivity index (χ3v) is 14.6. The third kappa shape index (κ3) is 10.2. The summed E-state index contributed by atoms with van der Waals surface area (Å²) >= 11 is 0. The van der Waals surface area contributed by atoms with Gasteiger partial charge in [-0.2, -0.15) is 0 Å². The molecule has 0 unspecified atom stereocenters. The van der Waals surface area contributed by atoms with Gasteiger partial charge in [0.15, 0.2) is 0 Å². The van der Waals surface area contributed by atoms with Gasteiger partial charge in [-0.25, -0.2) is 9.97 Å². The van der Waals surface area contributed by atoms with Gasteiger partial charge in [-0.05, 0) is 98.0 Å². The molecule has 22 heteroatoms. The van der Waals surface area contributed by atoms with E-state index in [-0.39, 0.29) is 78.1 Å². The number of nitro groups is 6. The van der Waals surface area contributed by atoms with Crippen molar-refractivity contribution in [3.63, 3.8) is 0 Å². The fourth-order valence-corrected chi connectivity index (χ4v) is 10.2. The van der Waals surface area contributed by atoms with Crippen molar-refractivity contribution in [2.24, 2.45) is 0 Å². The molecule has 8 bridgehead atoms. The Balaban J connectivity index is 1.61. The minimum atomic E-state index is -0.871. The SMILES string of the molecule is CC(C)(C)c1ccc(-c2c3nc(c(-c4c([N+](=O)[O-])cc(C(C)(C)C)cc4[N+](=O)[O-])c4ccc([nH]4)c(-c4c([N+](=O)[O-])cc(C(C)(C)C)cc4[N+](=O)[O-])c4nc(c(-c5c([N+](=O)[O-])cc(C(C)(C)C)cc5[N+](=O)[O-])c5ccc2[nH]5)C=C4)C=C3)cc1. The number of rotatable bonds is 10. The minimum Gasteiger partial charge on any atom is -0.354 e. The maximum atomic E-state index is 13.4. The van der Waals surface area contributed by atoms with Crippen molar-refractivity contribution in [2.45, 2.75) is 105 Å². The topological polar surface area (TPSA) is 316 Å². The molecule has 0 atom stereocenters. The highest BCUT2D eigenvalue weighted by Gasteiger charge is 2.38. The van der Waals surface area contributed by atoms with Crippen LogP contribution in [0.4, 0.5) is 34.1 Å². The largest absolute Gasteiger partial charge is 0.354 e. The maximum Gasteiger partial charge on any atom is 0.284 e. The van der Waals surface area contributed by atoms with Crippen LogP contribution in [-0.4, -0.2) is 49.5 Å². The van der Waals surface area contributed by atoms with E-state index in [0.717, 1.165) is 5.56 Å². The molecular formula is C60H56N10O12. The number of nitrogens with zero attached hydrogens (tertiary/aromatic N) is 8. The molecule has 0 amide bonds. The van der Waals surface area contributed by atoms with E-state index < -0.39 is 96.6 Å². The average Bonchev–Trinajstić information content (AvgIpc) is 4.40. The van der Waals surface area contributed by atoms with E-state index in [4.69, 9.17) is 9.97 Å². The number of hydrogen-bond donors (Lipinski definition) is 2. The van der Waals surface area contributed by atoms with Crippen LogP contribution in [0.2, 0.25) is 0 Å². The van der Waals surface area contributed by atoms with Crippen LogP contribution in [0.1, 0.15) is 128 Å².